The van der Waals surface area contributed by atoms with Crippen molar-refractivity contribution in [3.63, 3.8) is 0 Å². The molecule has 0 aliphatic carbocycles. The highest BCUT2D eigenvalue weighted by atomic mass is 16.4. The van der Waals surface area contributed by atoms with Gasteiger partial charge in [0, 0.05) is 24.9 Å². The van der Waals surface area contributed by atoms with E-state index in [0.29, 0.717) is 12.1 Å². The van der Waals surface area contributed by atoms with E-state index in [9.17, 15) is 29.1 Å². The lowest BCUT2D eigenvalue weighted by atomic mass is 10.0. The first-order valence-corrected chi connectivity index (χ1v) is 12.0. The number of imidazole rings is 1. The molecule has 0 aliphatic rings. The minimum absolute atomic E-state index is 0.0473. The van der Waals surface area contributed by atoms with E-state index < -0.39 is 60.2 Å². The number of amides is 4. The number of hydrogen-bond donors (Lipinski definition) is 9. The second-order valence-electron chi connectivity index (χ2n) is 9.16. The van der Waals surface area contributed by atoms with Gasteiger partial charge < -0.3 is 49.0 Å². The second-order valence-corrected chi connectivity index (χ2v) is 9.16. The van der Waals surface area contributed by atoms with Crippen LogP contribution in [0.5, 0.6) is 0 Å². The van der Waals surface area contributed by atoms with Gasteiger partial charge in [-0.15, -0.1) is 0 Å². The molecule has 4 atom stereocenters. The van der Waals surface area contributed by atoms with E-state index in [1.54, 1.807) is 13.8 Å². The molecule has 1 rings (SSSR count). The Balaban J connectivity index is 3.00. The number of primary amides is 1. The van der Waals surface area contributed by atoms with Gasteiger partial charge in [0.2, 0.25) is 23.6 Å². The fourth-order valence-electron chi connectivity index (χ4n) is 3.40. The maximum Gasteiger partial charge on any atom is 0.326 e. The minimum Gasteiger partial charge on any atom is -0.480 e. The van der Waals surface area contributed by atoms with Crippen molar-refractivity contribution in [2.45, 2.75) is 70.1 Å². The number of carboxylic acids is 1. The summed E-state index contributed by atoms with van der Waals surface area (Å²) in [5, 5.41) is 16.7. The van der Waals surface area contributed by atoms with Gasteiger partial charge in [0.1, 0.15) is 18.1 Å². The molecule has 212 valence electrons. The van der Waals surface area contributed by atoms with E-state index in [1.165, 1.54) is 12.5 Å². The lowest BCUT2D eigenvalue weighted by molar-refractivity contribution is -0.143. The Morgan fingerprint density at radius 3 is 2.13 bits per heavy atom. The zero-order valence-corrected chi connectivity index (χ0v) is 21.5. The number of carbonyl (C=O) groups excluding carboxylic acids is 4. The summed E-state index contributed by atoms with van der Waals surface area (Å²) < 4.78 is 0. The van der Waals surface area contributed by atoms with Crippen LogP contribution >= 0.6 is 0 Å². The molecule has 4 unspecified atom stereocenters. The van der Waals surface area contributed by atoms with Crippen LogP contribution in [0.1, 0.15) is 45.2 Å². The number of rotatable bonds is 17. The topological polar surface area (TPSA) is 287 Å². The predicted molar refractivity (Wildman–Crippen MR) is 137 cm³/mol. The van der Waals surface area contributed by atoms with E-state index in [2.05, 4.69) is 30.9 Å². The van der Waals surface area contributed by atoms with Gasteiger partial charge in [0.15, 0.2) is 5.96 Å². The van der Waals surface area contributed by atoms with Crippen LogP contribution in [0.4, 0.5) is 0 Å². The molecule has 0 aromatic carbocycles. The number of aromatic nitrogens is 2. The maximum absolute atomic E-state index is 13.2. The number of carboxylic acid groups (broad SMARTS) is 1. The summed E-state index contributed by atoms with van der Waals surface area (Å²) in [6.07, 6.45) is 2.93. The van der Waals surface area contributed by atoms with Crippen LogP contribution in [0.25, 0.3) is 0 Å². The predicted octanol–water partition coefficient (Wildman–Crippen LogP) is -3.21. The number of H-pyrrole nitrogens is 1. The highest BCUT2D eigenvalue weighted by molar-refractivity contribution is 5.96. The Morgan fingerprint density at radius 1 is 1.00 bits per heavy atom. The van der Waals surface area contributed by atoms with Crippen LogP contribution in [-0.4, -0.2) is 81.3 Å². The van der Waals surface area contributed by atoms with Crippen LogP contribution in [0.15, 0.2) is 17.5 Å². The molecule has 0 saturated carbocycles. The van der Waals surface area contributed by atoms with Crippen LogP contribution < -0.4 is 38.9 Å². The van der Waals surface area contributed by atoms with E-state index in [4.69, 9.17) is 22.9 Å². The summed E-state index contributed by atoms with van der Waals surface area (Å²) in [5.74, 6) is -4.70. The molecule has 16 heteroatoms. The van der Waals surface area contributed by atoms with Crippen LogP contribution in [-0.2, 0) is 30.4 Å². The second kappa shape index (κ2) is 15.8. The Kier molecular flexibility index (Phi) is 13.2. The lowest BCUT2D eigenvalue weighted by Gasteiger charge is -2.25. The minimum atomic E-state index is -1.48. The molecule has 0 fully saturated rings. The fourth-order valence-corrected chi connectivity index (χ4v) is 3.40. The average Bonchev–Trinajstić information content (AvgIpc) is 3.32. The van der Waals surface area contributed by atoms with Gasteiger partial charge in [-0.2, -0.15) is 0 Å². The van der Waals surface area contributed by atoms with Gasteiger partial charge in [-0.3, -0.25) is 24.2 Å². The molecule has 0 aliphatic heterocycles. The van der Waals surface area contributed by atoms with Gasteiger partial charge in [0.25, 0.3) is 0 Å². The molecule has 0 saturated heterocycles. The van der Waals surface area contributed by atoms with Crippen molar-refractivity contribution in [2.24, 2.45) is 33.8 Å². The molecule has 1 heterocycles. The largest absolute Gasteiger partial charge is 0.480 e. The summed E-state index contributed by atoms with van der Waals surface area (Å²) in [6, 6.07) is -4.94. The Hall–Kier alpha value is -4.21. The molecule has 0 bridgehead atoms. The third-order valence-corrected chi connectivity index (χ3v) is 5.28. The summed E-state index contributed by atoms with van der Waals surface area (Å²) in [6.45, 7) is 3.82. The summed E-state index contributed by atoms with van der Waals surface area (Å²) in [7, 11) is 0. The number of guanidine groups is 1. The molecule has 4 amide bonds. The summed E-state index contributed by atoms with van der Waals surface area (Å²) in [4.78, 5) is 72.3. The van der Waals surface area contributed by atoms with Crippen molar-refractivity contribution in [3.05, 3.63) is 18.2 Å². The molecule has 1 aromatic heterocycles. The highest BCUT2D eigenvalue weighted by Gasteiger charge is 2.31. The first-order valence-electron chi connectivity index (χ1n) is 12.0. The smallest absolute Gasteiger partial charge is 0.326 e. The monoisotopic (exact) mass is 538 g/mol. The summed E-state index contributed by atoms with van der Waals surface area (Å²) >= 11 is 0. The zero-order chi connectivity index (χ0) is 28.8. The molecule has 13 N–H and O–H groups in total. The highest BCUT2D eigenvalue weighted by Crippen LogP contribution is 2.07. The third-order valence-electron chi connectivity index (χ3n) is 5.28. The maximum atomic E-state index is 13.2. The summed E-state index contributed by atoms with van der Waals surface area (Å²) in [5.41, 5.74) is 22.2. The number of nitrogens with two attached hydrogens (primary N) is 4. The zero-order valence-electron chi connectivity index (χ0n) is 21.5. The fraction of sp³-hybridized carbons (Fsp3) is 0.591. The number of aliphatic carboxylic acids is 1. The molecular formula is C22H38N10O6. The van der Waals surface area contributed by atoms with E-state index in [-0.39, 0.29) is 37.7 Å². The van der Waals surface area contributed by atoms with E-state index in [0.717, 1.165) is 0 Å². The first-order chi connectivity index (χ1) is 17.8. The number of aromatic amines is 1. The molecule has 16 nitrogen and oxygen atoms in total. The SMILES string of the molecule is CC(C)CC(NC(=O)C(CC(N)=O)NC(=O)C(Cc1cnc[nH]1)NC(=O)C(N)CCCN=C(N)N)C(=O)O. The quantitative estimate of drug-likeness (QED) is 0.0543. The Labute approximate surface area is 219 Å². The van der Waals surface area contributed by atoms with Gasteiger partial charge in [-0.05, 0) is 25.2 Å². The van der Waals surface area contributed by atoms with Crippen molar-refractivity contribution in [1.29, 1.82) is 0 Å². The molecule has 0 spiro atoms. The number of aliphatic imine (C=N–C) groups is 1. The number of carbonyl (C=O) groups is 5. The molecule has 0 radical (unpaired) electrons. The van der Waals surface area contributed by atoms with Crippen molar-refractivity contribution in [2.75, 3.05) is 6.54 Å². The van der Waals surface area contributed by atoms with Gasteiger partial charge >= 0.3 is 5.97 Å². The molecule has 38 heavy (non-hydrogen) atoms. The Morgan fingerprint density at radius 2 is 1.61 bits per heavy atom. The van der Waals surface area contributed by atoms with Gasteiger partial charge in [-0.1, -0.05) is 13.8 Å². The Bertz CT molecular complexity index is 977. The lowest BCUT2D eigenvalue weighted by Crippen LogP contribution is -2.58. The average molecular weight is 539 g/mol. The number of nitrogens with zero attached hydrogens (tertiary/aromatic N) is 2. The van der Waals surface area contributed by atoms with Crippen LogP contribution in [0, 0.1) is 5.92 Å². The standard InChI is InChI=1S/C22H38N10O6/c1-11(2)6-16(21(37)38)32-20(36)15(8-17(24)33)31-19(35)14(7-12-9-27-10-29-12)30-18(34)13(23)4-3-5-28-22(25)26/h9-11,13-16H,3-8,23H2,1-2H3,(H2,24,33)(H,27,29)(H,30,34)(H,31,35)(H,32,36)(H,37,38)(H4,25,26,28). The van der Waals surface area contributed by atoms with E-state index in [1.807, 2.05) is 0 Å². The van der Waals surface area contributed by atoms with E-state index >= 15 is 0 Å². The van der Waals surface area contributed by atoms with Crippen molar-refractivity contribution >= 4 is 35.6 Å². The molecule has 1 aromatic rings. The third kappa shape index (κ3) is 12.2. The normalized spacial score (nSPS) is 14.0. The van der Waals surface area contributed by atoms with Crippen LogP contribution in [0.3, 0.4) is 0 Å². The van der Waals surface area contributed by atoms with Gasteiger partial charge in [0.05, 0.1) is 18.8 Å². The number of nitrogens with one attached hydrogen (secondary N) is 4. The van der Waals surface area contributed by atoms with Crippen molar-refractivity contribution in [3.8, 4) is 0 Å². The van der Waals surface area contributed by atoms with Crippen molar-refractivity contribution in [1.82, 2.24) is 25.9 Å². The van der Waals surface area contributed by atoms with Crippen LogP contribution in [0.2, 0.25) is 0 Å². The van der Waals surface area contributed by atoms with Crippen molar-refractivity contribution < 1.29 is 29.1 Å². The first kappa shape index (κ1) is 31.8. The number of hydrogen-bond acceptors (Lipinski definition) is 8. The van der Waals surface area contributed by atoms with Gasteiger partial charge in [-0.25, -0.2) is 9.78 Å². The molecular weight excluding hydrogens is 500 g/mol.